The number of thioether (sulfide) groups is 2. The molecule has 128 valence electrons. The van der Waals surface area contributed by atoms with Crippen LogP contribution in [0.3, 0.4) is 0 Å². The molecule has 0 unspecified atom stereocenters. The van der Waals surface area contributed by atoms with E-state index in [9.17, 15) is 9.59 Å². The maximum atomic E-state index is 10.8. The molecule has 0 fully saturated rings. The lowest BCUT2D eigenvalue weighted by Crippen LogP contribution is -2.05. The second kappa shape index (κ2) is 9.41. The summed E-state index contributed by atoms with van der Waals surface area (Å²) in [6, 6.07) is 3.38. The third-order valence-electron chi connectivity index (χ3n) is 2.68. The molecule has 2 N–H and O–H groups in total. The molecular weight excluding hydrogens is 344 g/mol. The second-order valence-electron chi connectivity index (χ2n) is 4.20. The molecule has 0 radical (unpaired) electrons. The molecule has 1 rings (SSSR count). The minimum Gasteiger partial charge on any atom is -0.493 e. The topological polar surface area (TPSA) is 102 Å². The molecule has 0 aromatic heterocycles. The number of aliphatic carboxylic acids is 2. The van der Waals surface area contributed by atoms with Gasteiger partial charge in [-0.1, -0.05) is 0 Å². The van der Waals surface area contributed by atoms with E-state index in [1.54, 1.807) is 12.1 Å². The first-order chi connectivity index (χ1) is 10.9. The van der Waals surface area contributed by atoms with Crippen molar-refractivity contribution in [2.45, 2.75) is 4.58 Å². The van der Waals surface area contributed by atoms with Crippen molar-refractivity contribution in [3.05, 3.63) is 17.7 Å². The Hall–Kier alpha value is -1.74. The van der Waals surface area contributed by atoms with E-state index >= 15 is 0 Å². The van der Waals surface area contributed by atoms with E-state index in [2.05, 4.69) is 0 Å². The average Bonchev–Trinajstić information content (AvgIpc) is 2.52. The van der Waals surface area contributed by atoms with Gasteiger partial charge in [0.2, 0.25) is 5.75 Å². The van der Waals surface area contributed by atoms with Crippen molar-refractivity contribution in [3.8, 4) is 17.2 Å². The van der Waals surface area contributed by atoms with Crippen LogP contribution in [0.15, 0.2) is 12.1 Å². The number of ether oxygens (including phenoxy) is 3. The fourth-order valence-corrected chi connectivity index (χ4v) is 3.81. The highest BCUT2D eigenvalue weighted by atomic mass is 32.2. The molecule has 1 aromatic rings. The molecule has 9 heteroatoms. The van der Waals surface area contributed by atoms with Gasteiger partial charge in [0, 0.05) is 0 Å². The Bertz CT molecular complexity index is 519. The number of benzene rings is 1. The van der Waals surface area contributed by atoms with Crippen molar-refractivity contribution >= 4 is 35.5 Å². The first-order valence-corrected chi connectivity index (χ1v) is 8.49. The van der Waals surface area contributed by atoms with Crippen LogP contribution in [0.5, 0.6) is 17.2 Å². The lowest BCUT2D eigenvalue weighted by molar-refractivity contribution is -0.134. The monoisotopic (exact) mass is 362 g/mol. The van der Waals surface area contributed by atoms with Gasteiger partial charge < -0.3 is 24.4 Å². The van der Waals surface area contributed by atoms with Crippen molar-refractivity contribution in [1.82, 2.24) is 0 Å². The van der Waals surface area contributed by atoms with Gasteiger partial charge in [-0.15, -0.1) is 23.5 Å². The lowest BCUT2D eigenvalue weighted by atomic mass is 10.2. The molecule has 0 saturated carbocycles. The van der Waals surface area contributed by atoms with Crippen molar-refractivity contribution in [2.75, 3.05) is 32.8 Å². The van der Waals surface area contributed by atoms with Gasteiger partial charge in [-0.3, -0.25) is 9.59 Å². The van der Waals surface area contributed by atoms with Crippen LogP contribution in [0.2, 0.25) is 0 Å². The largest absolute Gasteiger partial charge is 0.493 e. The van der Waals surface area contributed by atoms with Crippen molar-refractivity contribution in [2.24, 2.45) is 0 Å². The van der Waals surface area contributed by atoms with Crippen LogP contribution in [0.25, 0.3) is 0 Å². The van der Waals surface area contributed by atoms with Crippen LogP contribution in [0.4, 0.5) is 0 Å². The Morgan fingerprint density at radius 2 is 1.39 bits per heavy atom. The minimum atomic E-state index is -0.969. The summed E-state index contributed by atoms with van der Waals surface area (Å²) in [5.74, 6) is -0.949. The highest BCUT2D eigenvalue weighted by Gasteiger charge is 2.21. The fourth-order valence-electron chi connectivity index (χ4n) is 1.77. The smallest absolute Gasteiger partial charge is 0.313 e. The number of hydrogen-bond acceptors (Lipinski definition) is 7. The average molecular weight is 362 g/mol. The lowest BCUT2D eigenvalue weighted by Gasteiger charge is -2.19. The van der Waals surface area contributed by atoms with E-state index in [-0.39, 0.29) is 11.5 Å². The summed E-state index contributed by atoms with van der Waals surface area (Å²) in [4.78, 5) is 21.6. The summed E-state index contributed by atoms with van der Waals surface area (Å²) in [6.45, 7) is 0. The Kier molecular flexibility index (Phi) is 7.90. The highest BCUT2D eigenvalue weighted by molar-refractivity contribution is 8.16. The normalized spacial score (nSPS) is 10.4. The van der Waals surface area contributed by atoms with Crippen molar-refractivity contribution in [1.29, 1.82) is 0 Å². The number of carboxylic acid groups (broad SMARTS) is 2. The fraction of sp³-hybridized carbons (Fsp3) is 0.429. The first kappa shape index (κ1) is 19.3. The van der Waals surface area contributed by atoms with Crippen LogP contribution in [0, 0.1) is 0 Å². The Labute approximate surface area is 142 Å². The summed E-state index contributed by atoms with van der Waals surface area (Å²) in [5.41, 5.74) is 0.692. The summed E-state index contributed by atoms with van der Waals surface area (Å²) < 4.78 is 15.4. The molecule has 0 bridgehead atoms. The number of hydrogen-bond donors (Lipinski definition) is 2. The van der Waals surface area contributed by atoms with E-state index in [1.807, 2.05) is 0 Å². The summed E-state index contributed by atoms with van der Waals surface area (Å²) in [6.07, 6.45) is 0. The van der Waals surface area contributed by atoms with Crippen LogP contribution in [0.1, 0.15) is 10.1 Å². The van der Waals surface area contributed by atoms with Gasteiger partial charge in [0.1, 0.15) is 0 Å². The zero-order chi connectivity index (χ0) is 17.4. The molecule has 0 aliphatic heterocycles. The molecule has 23 heavy (non-hydrogen) atoms. The SMILES string of the molecule is COc1cc(C(SCC(=O)O)SCC(=O)O)cc(OC)c1OC. The molecule has 0 aliphatic carbocycles. The summed E-state index contributed by atoms with van der Waals surface area (Å²) in [7, 11) is 4.44. The summed E-state index contributed by atoms with van der Waals surface area (Å²) >= 11 is 2.25. The van der Waals surface area contributed by atoms with Gasteiger partial charge in [0.05, 0.1) is 37.4 Å². The van der Waals surface area contributed by atoms with Gasteiger partial charge in [0.15, 0.2) is 11.5 Å². The molecule has 0 spiro atoms. The van der Waals surface area contributed by atoms with E-state index < -0.39 is 16.5 Å². The number of methoxy groups -OCH3 is 3. The molecule has 7 nitrogen and oxygen atoms in total. The third kappa shape index (κ3) is 5.76. The third-order valence-corrected chi connectivity index (χ3v) is 5.47. The van der Waals surface area contributed by atoms with E-state index in [0.29, 0.717) is 22.8 Å². The van der Waals surface area contributed by atoms with E-state index in [0.717, 1.165) is 23.5 Å². The van der Waals surface area contributed by atoms with E-state index in [4.69, 9.17) is 24.4 Å². The van der Waals surface area contributed by atoms with E-state index in [1.165, 1.54) is 21.3 Å². The van der Waals surface area contributed by atoms with Crippen LogP contribution in [-0.4, -0.2) is 55.0 Å². The summed E-state index contributed by atoms with van der Waals surface area (Å²) in [5, 5.41) is 17.7. The Balaban J connectivity index is 3.16. The quantitative estimate of drug-likeness (QED) is 0.607. The molecule has 1 aromatic carbocycles. The number of carboxylic acids is 2. The maximum absolute atomic E-state index is 10.8. The minimum absolute atomic E-state index is 0.145. The van der Waals surface area contributed by atoms with Gasteiger partial charge >= 0.3 is 11.9 Å². The second-order valence-corrected chi connectivity index (χ2v) is 6.69. The molecule has 0 heterocycles. The number of carbonyl (C=O) groups is 2. The molecular formula is C14H18O7S2. The van der Waals surface area contributed by atoms with Crippen LogP contribution in [-0.2, 0) is 9.59 Å². The Morgan fingerprint density at radius 3 is 1.70 bits per heavy atom. The zero-order valence-corrected chi connectivity index (χ0v) is 14.5. The predicted molar refractivity (Wildman–Crippen MR) is 89.0 cm³/mol. The molecule has 0 amide bonds. The standard InChI is InChI=1S/C14H18O7S2/c1-19-9-4-8(5-10(20-2)13(9)21-3)14(22-6-11(15)16)23-7-12(17)18/h4-5,14H,6-7H2,1-3H3,(H,15,16)(H,17,18). The zero-order valence-electron chi connectivity index (χ0n) is 12.9. The molecule has 0 atom stereocenters. The maximum Gasteiger partial charge on any atom is 0.313 e. The van der Waals surface area contributed by atoms with Crippen molar-refractivity contribution in [3.63, 3.8) is 0 Å². The van der Waals surface area contributed by atoms with Crippen LogP contribution >= 0.6 is 23.5 Å². The van der Waals surface area contributed by atoms with Gasteiger partial charge in [-0.05, 0) is 17.7 Å². The molecule has 0 aliphatic rings. The molecule has 0 saturated heterocycles. The predicted octanol–water partition coefficient (Wildman–Crippen LogP) is 2.35. The Morgan fingerprint density at radius 1 is 0.957 bits per heavy atom. The van der Waals surface area contributed by atoms with Gasteiger partial charge in [-0.2, -0.15) is 0 Å². The van der Waals surface area contributed by atoms with Gasteiger partial charge in [0.25, 0.3) is 0 Å². The van der Waals surface area contributed by atoms with Crippen LogP contribution < -0.4 is 14.2 Å². The highest BCUT2D eigenvalue weighted by Crippen LogP contribution is 2.46. The van der Waals surface area contributed by atoms with Crippen molar-refractivity contribution < 1.29 is 34.0 Å². The van der Waals surface area contributed by atoms with Gasteiger partial charge in [-0.25, -0.2) is 0 Å². The number of rotatable bonds is 10. The first-order valence-electron chi connectivity index (χ1n) is 6.39.